The second kappa shape index (κ2) is 5.31. The molecule has 0 spiro atoms. The molecule has 2 rings (SSSR count). The second-order valence-electron chi connectivity index (χ2n) is 3.44. The SMILES string of the molecule is CNS(=O)(=O)c1ccc(Sc2cccs2)c(N)c1. The highest BCUT2D eigenvalue weighted by molar-refractivity contribution is 8.01. The minimum Gasteiger partial charge on any atom is -0.398 e. The Morgan fingerprint density at radius 1 is 1.33 bits per heavy atom. The van der Waals surface area contributed by atoms with Gasteiger partial charge in [0.15, 0.2) is 0 Å². The van der Waals surface area contributed by atoms with Gasteiger partial charge in [-0.05, 0) is 36.7 Å². The number of rotatable bonds is 4. The van der Waals surface area contributed by atoms with Gasteiger partial charge < -0.3 is 5.73 Å². The molecule has 0 saturated heterocycles. The predicted octanol–water partition coefficient (Wildman–Crippen LogP) is 2.39. The molecule has 0 atom stereocenters. The fraction of sp³-hybridized carbons (Fsp3) is 0.0909. The summed E-state index contributed by atoms with van der Waals surface area (Å²) in [4.78, 5) is 1.03. The van der Waals surface area contributed by atoms with E-state index in [0.29, 0.717) is 5.69 Å². The summed E-state index contributed by atoms with van der Waals surface area (Å²) in [5.74, 6) is 0. The van der Waals surface area contributed by atoms with E-state index in [2.05, 4.69) is 4.72 Å². The van der Waals surface area contributed by atoms with Gasteiger partial charge in [-0.15, -0.1) is 11.3 Å². The van der Waals surface area contributed by atoms with E-state index in [1.54, 1.807) is 23.5 Å². The van der Waals surface area contributed by atoms with Gasteiger partial charge in [-0.1, -0.05) is 17.8 Å². The van der Waals surface area contributed by atoms with E-state index in [0.717, 1.165) is 9.10 Å². The first-order valence-electron chi connectivity index (χ1n) is 5.07. The monoisotopic (exact) mass is 300 g/mol. The van der Waals surface area contributed by atoms with Crippen molar-refractivity contribution in [2.75, 3.05) is 12.8 Å². The number of nitrogen functional groups attached to an aromatic ring is 1. The van der Waals surface area contributed by atoms with Gasteiger partial charge in [0.25, 0.3) is 0 Å². The summed E-state index contributed by atoms with van der Waals surface area (Å²) in [5, 5.41) is 1.98. The molecular formula is C11H12N2O2S3. The Morgan fingerprint density at radius 2 is 2.11 bits per heavy atom. The average Bonchev–Trinajstić information content (AvgIpc) is 2.84. The molecule has 0 aliphatic heterocycles. The Labute approximate surface area is 114 Å². The molecule has 1 heterocycles. The third kappa shape index (κ3) is 2.86. The van der Waals surface area contributed by atoms with Crippen molar-refractivity contribution >= 4 is 38.8 Å². The number of benzene rings is 1. The van der Waals surface area contributed by atoms with Crippen LogP contribution < -0.4 is 10.5 Å². The van der Waals surface area contributed by atoms with Crippen molar-refractivity contribution in [3.8, 4) is 0 Å². The third-order valence-corrected chi connectivity index (χ3v) is 5.81. The fourth-order valence-electron chi connectivity index (χ4n) is 1.33. The third-order valence-electron chi connectivity index (χ3n) is 2.27. The van der Waals surface area contributed by atoms with Crippen LogP contribution >= 0.6 is 23.1 Å². The Bertz CT molecular complexity index is 636. The zero-order valence-electron chi connectivity index (χ0n) is 9.58. The van der Waals surface area contributed by atoms with Crippen molar-refractivity contribution in [1.82, 2.24) is 4.72 Å². The largest absolute Gasteiger partial charge is 0.398 e. The molecule has 4 nitrogen and oxygen atoms in total. The number of thiophene rings is 1. The van der Waals surface area contributed by atoms with E-state index in [9.17, 15) is 8.42 Å². The minimum absolute atomic E-state index is 0.179. The lowest BCUT2D eigenvalue weighted by Gasteiger charge is -2.07. The van der Waals surface area contributed by atoms with Crippen LogP contribution in [-0.4, -0.2) is 15.5 Å². The zero-order valence-corrected chi connectivity index (χ0v) is 12.0. The molecule has 0 bridgehead atoms. The molecule has 0 radical (unpaired) electrons. The summed E-state index contributed by atoms with van der Waals surface area (Å²) >= 11 is 3.14. The summed E-state index contributed by atoms with van der Waals surface area (Å²) in [5.41, 5.74) is 6.34. The Kier molecular flexibility index (Phi) is 3.96. The molecule has 96 valence electrons. The van der Waals surface area contributed by atoms with Crippen molar-refractivity contribution in [3.05, 3.63) is 35.7 Å². The predicted molar refractivity (Wildman–Crippen MR) is 75.5 cm³/mol. The van der Waals surface area contributed by atoms with Crippen LogP contribution in [0.25, 0.3) is 0 Å². The molecule has 7 heteroatoms. The average molecular weight is 300 g/mol. The molecule has 0 saturated carbocycles. The summed E-state index contributed by atoms with van der Waals surface area (Å²) < 4.78 is 26.6. The lowest BCUT2D eigenvalue weighted by molar-refractivity contribution is 0.588. The van der Waals surface area contributed by atoms with Crippen LogP contribution in [0.4, 0.5) is 5.69 Å². The maximum absolute atomic E-state index is 11.6. The van der Waals surface area contributed by atoms with Crippen molar-refractivity contribution in [3.63, 3.8) is 0 Å². The number of sulfonamides is 1. The molecule has 0 unspecified atom stereocenters. The van der Waals surface area contributed by atoms with E-state index in [4.69, 9.17) is 5.73 Å². The van der Waals surface area contributed by atoms with Crippen LogP contribution in [0.5, 0.6) is 0 Å². The normalized spacial score (nSPS) is 11.6. The number of hydrogen-bond donors (Lipinski definition) is 2. The Hall–Kier alpha value is -1.02. The summed E-state index contributed by atoms with van der Waals surface area (Å²) in [6.07, 6.45) is 0. The summed E-state index contributed by atoms with van der Waals surface area (Å²) in [6, 6.07) is 8.71. The summed E-state index contributed by atoms with van der Waals surface area (Å²) in [7, 11) is -2.06. The van der Waals surface area contributed by atoms with Crippen LogP contribution in [-0.2, 0) is 10.0 Å². The van der Waals surface area contributed by atoms with E-state index in [-0.39, 0.29) is 4.90 Å². The van der Waals surface area contributed by atoms with Crippen molar-refractivity contribution in [2.24, 2.45) is 0 Å². The van der Waals surface area contributed by atoms with Gasteiger partial charge in [-0.25, -0.2) is 13.1 Å². The maximum atomic E-state index is 11.6. The highest BCUT2D eigenvalue weighted by atomic mass is 32.2. The van der Waals surface area contributed by atoms with Crippen LogP contribution in [0.3, 0.4) is 0 Å². The van der Waals surface area contributed by atoms with E-state index >= 15 is 0 Å². The smallest absolute Gasteiger partial charge is 0.240 e. The van der Waals surface area contributed by atoms with Gasteiger partial charge in [0.05, 0.1) is 9.10 Å². The number of nitrogens with two attached hydrogens (primary N) is 1. The molecule has 0 fully saturated rings. The molecule has 1 aromatic heterocycles. The number of anilines is 1. The highest BCUT2D eigenvalue weighted by Gasteiger charge is 2.13. The first kappa shape index (κ1) is 13.4. The van der Waals surface area contributed by atoms with Crippen LogP contribution in [0, 0.1) is 0 Å². The maximum Gasteiger partial charge on any atom is 0.240 e. The minimum atomic E-state index is -3.44. The molecule has 0 amide bonds. The van der Waals surface area contributed by atoms with Gasteiger partial charge in [0, 0.05) is 10.6 Å². The quantitative estimate of drug-likeness (QED) is 0.850. The van der Waals surface area contributed by atoms with Gasteiger partial charge in [0.2, 0.25) is 10.0 Å². The molecular weight excluding hydrogens is 288 g/mol. The Morgan fingerprint density at radius 3 is 2.67 bits per heavy atom. The van der Waals surface area contributed by atoms with Crippen LogP contribution in [0.1, 0.15) is 0 Å². The second-order valence-corrected chi connectivity index (χ2v) is 7.62. The van der Waals surface area contributed by atoms with E-state index in [1.165, 1.54) is 24.9 Å². The molecule has 3 N–H and O–H groups in total. The van der Waals surface area contributed by atoms with Crippen molar-refractivity contribution in [2.45, 2.75) is 14.0 Å². The van der Waals surface area contributed by atoms with Crippen LogP contribution in [0.2, 0.25) is 0 Å². The molecule has 0 aliphatic carbocycles. The number of hydrogen-bond acceptors (Lipinski definition) is 5. The van der Waals surface area contributed by atoms with E-state index < -0.39 is 10.0 Å². The van der Waals surface area contributed by atoms with Crippen LogP contribution in [0.15, 0.2) is 49.7 Å². The lowest BCUT2D eigenvalue weighted by Crippen LogP contribution is -2.18. The lowest BCUT2D eigenvalue weighted by atomic mass is 10.3. The standard InChI is InChI=1S/C11H12N2O2S3/c1-13-18(14,15)8-4-5-10(9(12)7-8)17-11-3-2-6-16-11/h2-7,13H,12H2,1H3. The van der Waals surface area contributed by atoms with Crippen molar-refractivity contribution < 1.29 is 8.42 Å². The summed E-state index contributed by atoms with van der Waals surface area (Å²) in [6.45, 7) is 0. The first-order chi connectivity index (χ1) is 8.53. The zero-order chi connectivity index (χ0) is 13.2. The fourth-order valence-corrected chi connectivity index (χ4v) is 3.85. The first-order valence-corrected chi connectivity index (χ1v) is 8.25. The number of nitrogens with one attached hydrogen (secondary N) is 1. The van der Waals surface area contributed by atoms with Gasteiger partial charge >= 0.3 is 0 Å². The topological polar surface area (TPSA) is 72.2 Å². The van der Waals surface area contributed by atoms with Gasteiger partial charge in [-0.2, -0.15) is 0 Å². The molecule has 1 aromatic carbocycles. The van der Waals surface area contributed by atoms with Gasteiger partial charge in [-0.3, -0.25) is 0 Å². The van der Waals surface area contributed by atoms with Crippen molar-refractivity contribution in [1.29, 1.82) is 0 Å². The van der Waals surface area contributed by atoms with Gasteiger partial charge in [0.1, 0.15) is 0 Å². The Balaban J connectivity index is 2.31. The molecule has 0 aliphatic rings. The van der Waals surface area contributed by atoms with E-state index in [1.807, 2.05) is 17.5 Å². The highest BCUT2D eigenvalue weighted by Crippen LogP contribution is 2.35. The molecule has 18 heavy (non-hydrogen) atoms. The molecule has 2 aromatic rings.